The first kappa shape index (κ1) is 16.3. The molecule has 0 spiro atoms. The van der Waals surface area contributed by atoms with Gasteiger partial charge in [0, 0.05) is 6.54 Å². The fraction of sp³-hybridized carbons (Fsp3) is 0.533. The number of hydrogen-bond acceptors (Lipinski definition) is 2. The number of hydrogen-bond donors (Lipinski definition) is 1. The van der Waals surface area contributed by atoms with Crippen molar-refractivity contribution in [3.63, 3.8) is 0 Å². The van der Waals surface area contributed by atoms with Crippen molar-refractivity contribution < 1.29 is 9.53 Å². The van der Waals surface area contributed by atoms with E-state index < -0.39 is 0 Å². The molecule has 0 aliphatic rings. The quantitative estimate of drug-likeness (QED) is 0.409. The average Bonchev–Trinajstić information content (AvgIpc) is 2.43. The Morgan fingerprint density at radius 3 is 2.47 bits per heavy atom. The van der Waals surface area contributed by atoms with Crippen LogP contribution >= 0.6 is 22.6 Å². The van der Waals surface area contributed by atoms with E-state index in [4.69, 9.17) is 4.74 Å². The summed E-state index contributed by atoms with van der Waals surface area (Å²) < 4.78 is 6.31. The van der Waals surface area contributed by atoms with Gasteiger partial charge in [0.25, 0.3) is 0 Å². The van der Waals surface area contributed by atoms with Gasteiger partial charge >= 0.3 is 0 Å². The summed E-state index contributed by atoms with van der Waals surface area (Å²) in [6, 6.07) is 7.62. The third kappa shape index (κ3) is 7.40. The number of unbranched alkanes of at least 4 members (excludes halogenated alkanes) is 3. The molecular formula is C15H22INO2. The van der Waals surface area contributed by atoms with Crippen LogP contribution in [0.1, 0.15) is 31.2 Å². The van der Waals surface area contributed by atoms with Gasteiger partial charge < -0.3 is 10.1 Å². The molecule has 3 nitrogen and oxygen atoms in total. The molecule has 19 heavy (non-hydrogen) atoms. The second-order valence-electron chi connectivity index (χ2n) is 4.48. The van der Waals surface area contributed by atoms with Crippen LogP contribution in [0, 0.1) is 0 Å². The summed E-state index contributed by atoms with van der Waals surface area (Å²) >= 11 is 2.40. The standard InChI is InChI=1S/C15H22INO2/c1-19-14-8-6-13(7-9-14)12-15(18)17-11-5-3-2-4-10-16/h6-9H,2-5,10-12H2,1H3,(H,17,18). The number of alkyl halides is 1. The highest BCUT2D eigenvalue weighted by molar-refractivity contribution is 14.1. The molecule has 0 aliphatic heterocycles. The SMILES string of the molecule is COc1ccc(CC(=O)NCCCCCCI)cc1. The fourth-order valence-corrected chi connectivity index (χ4v) is 2.33. The molecule has 0 radical (unpaired) electrons. The third-order valence-electron chi connectivity index (χ3n) is 2.91. The smallest absolute Gasteiger partial charge is 0.224 e. The van der Waals surface area contributed by atoms with E-state index in [1.54, 1.807) is 7.11 Å². The van der Waals surface area contributed by atoms with Crippen LogP contribution in [0.25, 0.3) is 0 Å². The van der Waals surface area contributed by atoms with Gasteiger partial charge in [0.1, 0.15) is 5.75 Å². The van der Waals surface area contributed by atoms with Gasteiger partial charge in [-0.3, -0.25) is 4.79 Å². The number of carbonyl (C=O) groups excluding carboxylic acids is 1. The van der Waals surface area contributed by atoms with Crippen molar-refractivity contribution in [1.82, 2.24) is 5.32 Å². The van der Waals surface area contributed by atoms with Crippen molar-refractivity contribution in [3.05, 3.63) is 29.8 Å². The summed E-state index contributed by atoms with van der Waals surface area (Å²) in [5.74, 6) is 0.915. The van der Waals surface area contributed by atoms with E-state index in [1.165, 1.54) is 23.7 Å². The molecule has 1 N–H and O–H groups in total. The summed E-state index contributed by atoms with van der Waals surface area (Å²) in [6.07, 6.45) is 5.26. The largest absolute Gasteiger partial charge is 0.497 e. The predicted octanol–water partition coefficient (Wildman–Crippen LogP) is 3.35. The lowest BCUT2D eigenvalue weighted by Gasteiger charge is -2.06. The molecule has 1 amide bonds. The summed E-state index contributed by atoms with van der Waals surface area (Å²) in [4.78, 5) is 11.7. The molecule has 0 aliphatic carbocycles. The number of methoxy groups -OCH3 is 1. The first-order chi connectivity index (χ1) is 9.26. The van der Waals surface area contributed by atoms with Gasteiger partial charge in [-0.25, -0.2) is 0 Å². The van der Waals surface area contributed by atoms with Gasteiger partial charge in [-0.1, -0.05) is 47.6 Å². The molecule has 0 unspecified atom stereocenters. The van der Waals surface area contributed by atoms with Crippen molar-refractivity contribution in [2.75, 3.05) is 18.1 Å². The normalized spacial score (nSPS) is 10.2. The molecule has 0 aromatic heterocycles. The minimum Gasteiger partial charge on any atom is -0.497 e. The number of halogens is 1. The zero-order valence-corrected chi connectivity index (χ0v) is 13.6. The maximum absolute atomic E-state index is 11.7. The topological polar surface area (TPSA) is 38.3 Å². The molecule has 106 valence electrons. The van der Waals surface area contributed by atoms with Crippen molar-refractivity contribution in [3.8, 4) is 5.75 Å². The molecule has 0 saturated heterocycles. The van der Waals surface area contributed by atoms with E-state index in [0.29, 0.717) is 6.42 Å². The minimum absolute atomic E-state index is 0.0964. The van der Waals surface area contributed by atoms with Crippen LogP contribution in [0.5, 0.6) is 5.75 Å². The van der Waals surface area contributed by atoms with E-state index in [0.717, 1.165) is 24.3 Å². The van der Waals surface area contributed by atoms with E-state index in [1.807, 2.05) is 24.3 Å². The average molecular weight is 375 g/mol. The lowest BCUT2D eigenvalue weighted by atomic mass is 10.1. The zero-order valence-electron chi connectivity index (χ0n) is 11.5. The Hall–Kier alpha value is -0.780. The van der Waals surface area contributed by atoms with E-state index in [2.05, 4.69) is 27.9 Å². The highest BCUT2D eigenvalue weighted by atomic mass is 127. The molecule has 0 atom stereocenters. The van der Waals surface area contributed by atoms with Gasteiger partial charge in [0.15, 0.2) is 0 Å². The molecule has 4 heteroatoms. The molecule has 0 heterocycles. The van der Waals surface area contributed by atoms with Crippen LogP contribution in [0.4, 0.5) is 0 Å². The highest BCUT2D eigenvalue weighted by Gasteiger charge is 2.02. The Bertz CT molecular complexity index is 365. The summed E-state index contributed by atoms with van der Waals surface area (Å²) in [5, 5.41) is 2.96. The van der Waals surface area contributed by atoms with Gasteiger partial charge in [0.05, 0.1) is 13.5 Å². The van der Waals surface area contributed by atoms with E-state index in [-0.39, 0.29) is 5.91 Å². The monoisotopic (exact) mass is 375 g/mol. The van der Waals surface area contributed by atoms with Crippen LogP contribution < -0.4 is 10.1 Å². The van der Waals surface area contributed by atoms with E-state index >= 15 is 0 Å². The number of rotatable bonds is 9. The maximum atomic E-state index is 11.7. The van der Waals surface area contributed by atoms with Gasteiger partial charge in [-0.2, -0.15) is 0 Å². The molecule has 0 saturated carbocycles. The van der Waals surface area contributed by atoms with Crippen LogP contribution in [0.2, 0.25) is 0 Å². The van der Waals surface area contributed by atoms with Crippen molar-refractivity contribution >= 4 is 28.5 Å². The number of amides is 1. The molecule has 1 aromatic rings. The summed E-state index contributed by atoms with van der Waals surface area (Å²) in [5.41, 5.74) is 1.02. The predicted molar refractivity (Wildman–Crippen MR) is 87.1 cm³/mol. The lowest BCUT2D eigenvalue weighted by molar-refractivity contribution is -0.120. The number of nitrogens with one attached hydrogen (secondary N) is 1. The van der Waals surface area contributed by atoms with Crippen LogP contribution in [-0.4, -0.2) is 24.0 Å². The Morgan fingerprint density at radius 2 is 1.84 bits per heavy atom. The van der Waals surface area contributed by atoms with E-state index in [9.17, 15) is 4.79 Å². The van der Waals surface area contributed by atoms with Crippen molar-refractivity contribution in [2.45, 2.75) is 32.1 Å². The molecule has 1 aromatic carbocycles. The molecule has 0 bridgehead atoms. The van der Waals surface area contributed by atoms with Gasteiger partial charge in [-0.15, -0.1) is 0 Å². The molecular weight excluding hydrogens is 353 g/mol. The Morgan fingerprint density at radius 1 is 1.16 bits per heavy atom. The first-order valence-electron chi connectivity index (χ1n) is 6.72. The Labute approximate surface area is 129 Å². The van der Waals surface area contributed by atoms with Crippen molar-refractivity contribution in [1.29, 1.82) is 0 Å². The van der Waals surface area contributed by atoms with Crippen LogP contribution in [0.3, 0.4) is 0 Å². The second kappa shape index (κ2) is 10.1. The first-order valence-corrected chi connectivity index (χ1v) is 8.24. The summed E-state index contributed by atoms with van der Waals surface area (Å²) in [6.45, 7) is 0.788. The molecule has 0 fully saturated rings. The lowest BCUT2D eigenvalue weighted by Crippen LogP contribution is -2.26. The highest BCUT2D eigenvalue weighted by Crippen LogP contribution is 2.11. The number of benzene rings is 1. The molecule has 1 rings (SSSR count). The fourth-order valence-electron chi connectivity index (χ4n) is 1.79. The van der Waals surface area contributed by atoms with Gasteiger partial charge in [-0.05, 0) is 35.0 Å². The number of ether oxygens (including phenoxy) is 1. The second-order valence-corrected chi connectivity index (χ2v) is 5.56. The summed E-state index contributed by atoms with van der Waals surface area (Å²) in [7, 11) is 1.64. The van der Waals surface area contributed by atoms with Crippen molar-refractivity contribution in [2.24, 2.45) is 0 Å². The minimum atomic E-state index is 0.0964. The maximum Gasteiger partial charge on any atom is 0.224 e. The van der Waals surface area contributed by atoms with Gasteiger partial charge in [0.2, 0.25) is 5.91 Å². The van der Waals surface area contributed by atoms with Crippen LogP contribution in [0.15, 0.2) is 24.3 Å². The Balaban J connectivity index is 2.16. The van der Waals surface area contributed by atoms with Crippen LogP contribution in [-0.2, 0) is 11.2 Å². The third-order valence-corrected chi connectivity index (χ3v) is 3.67. The number of carbonyl (C=O) groups is 1. The Kier molecular flexibility index (Phi) is 8.62. The zero-order chi connectivity index (χ0) is 13.9.